The summed E-state index contributed by atoms with van der Waals surface area (Å²) < 4.78 is 0. The molecule has 1 amide bonds. The summed E-state index contributed by atoms with van der Waals surface area (Å²) in [4.78, 5) is 14.6. The molecule has 0 aromatic heterocycles. The lowest BCUT2D eigenvalue weighted by Gasteiger charge is -2.30. The van der Waals surface area contributed by atoms with E-state index in [0.717, 1.165) is 25.1 Å². The van der Waals surface area contributed by atoms with Crippen LogP contribution in [0.3, 0.4) is 0 Å². The molecule has 0 spiro atoms. The summed E-state index contributed by atoms with van der Waals surface area (Å²) in [6.45, 7) is 6.09. The lowest BCUT2D eigenvalue weighted by molar-refractivity contribution is -0.135. The zero-order chi connectivity index (χ0) is 14.0. The van der Waals surface area contributed by atoms with Crippen molar-refractivity contribution < 1.29 is 4.79 Å². The fraction of sp³-hybridized carbons (Fsp3) is 0.533. The van der Waals surface area contributed by atoms with Gasteiger partial charge in [0.2, 0.25) is 5.91 Å². The van der Waals surface area contributed by atoms with Crippen LogP contribution in [0.15, 0.2) is 24.3 Å². The molecule has 0 radical (unpaired) electrons. The van der Waals surface area contributed by atoms with Crippen molar-refractivity contribution in [1.82, 2.24) is 4.90 Å². The van der Waals surface area contributed by atoms with E-state index in [0.29, 0.717) is 17.5 Å². The first-order valence-electron chi connectivity index (χ1n) is 6.71. The number of carbonyl (C=O) groups is 1. The second-order valence-electron chi connectivity index (χ2n) is 5.75. The lowest BCUT2D eigenvalue weighted by atomic mass is 9.83. The number of nitrogens with zero attached hydrogens (tertiary/aromatic N) is 1. The van der Waals surface area contributed by atoms with Gasteiger partial charge in [-0.05, 0) is 44.4 Å². The van der Waals surface area contributed by atoms with E-state index in [1.807, 2.05) is 43.0 Å². The Bertz CT molecular complexity index is 473. The molecule has 4 heteroatoms. The number of halogens is 1. The lowest BCUT2D eigenvalue weighted by Crippen LogP contribution is -2.42. The molecule has 1 atom stereocenters. The Kier molecular flexibility index (Phi) is 4.16. The molecule has 2 N–H and O–H groups in total. The second kappa shape index (κ2) is 5.51. The van der Waals surface area contributed by atoms with E-state index in [4.69, 9.17) is 17.3 Å². The third kappa shape index (κ3) is 2.77. The van der Waals surface area contributed by atoms with Gasteiger partial charge in [0.05, 0.1) is 5.41 Å². The first-order valence-corrected chi connectivity index (χ1v) is 7.09. The van der Waals surface area contributed by atoms with Crippen molar-refractivity contribution in [2.24, 2.45) is 11.7 Å². The van der Waals surface area contributed by atoms with E-state index in [9.17, 15) is 4.79 Å². The third-order valence-electron chi connectivity index (χ3n) is 3.99. The third-order valence-corrected chi connectivity index (χ3v) is 4.32. The summed E-state index contributed by atoms with van der Waals surface area (Å²) in [5, 5.41) is 0.649. The number of carbonyl (C=O) groups excluding carboxylic acids is 1. The van der Waals surface area contributed by atoms with Crippen LogP contribution in [0.4, 0.5) is 0 Å². The molecule has 1 saturated heterocycles. The van der Waals surface area contributed by atoms with Crippen molar-refractivity contribution in [3.63, 3.8) is 0 Å². The van der Waals surface area contributed by atoms with E-state index >= 15 is 0 Å². The number of likely N-dealkylation sites (tertiary alicyclic amines) is 1. The SMILES string of the molecule is CC(C)(C(=O)N1CCC(CN)C1)c1ccccc1Cl. The Morgan fingerprint density at radius 1 is 1.47 bits per heavy atom. The van der Waals surface area contributed by atoms with Gasteiger partial charge in [-0.2, -0.15) is 0 Å². The molecule has 1 aromatic rings. The fourth-order valence-electron chi connectivity index (χ4n) is 2.69. The predicted octanol–water partition coefficient (Wildman–Crippen LogP) is 2.42. The molecule has 104 valence electrons. The molecule has 1 fully saturated rings. The maximum absolute atomic E-state index is 12.7. The molecule has 1 heterocycles. The van der Waals surface area contributed by atoms with E-state index in [1.54, 1.807) is 0 Å². The molecule has 3 nitrogen and oxygen atoms in total. The first kappa shape index (κ1) is 14.4. The minimum atomic E-state index is -0.595. The number of rotatable bonds is 3. The minimum absolute atomic E-state index is 0.136. The largest absolute Gasteiger partial charge is 0.342 e. The summed E-state index contributed by atoms with van der Waals surface area (Å²) >= 11 is 6.22. The van der Waals surface area contributed by atoms with Crippen LogP contribution in [0.25, 0.3) is 0 Å². The van der Waals surface area contributed by atoms with Crippen LogP contribution >= 0.6 is 11.6 Å². The molecule has 0 aliphatic carbocycles. The molecule has 1 aliphatic rings. The molecular formula is C15H21ClN2O. The van der Waals surface area contributed by atoms with Gasteiger partial charge in [-0.1, -0.05) is 29.8 Å². The summed E-state index contributed by atoms with van der Waals surface area (Å²) in [6, 6.07) is 7.56. The van der Waals surface area contributed by atoms with Crippen LogP contribution in [0.1, 0.15) is 25.8 Å². The number of amides is 1. The van der Waals surface area contributed by atoms with Gasteiger partial charge in [0.15, 0.2) is 0 Å². The average molecular weight is 281 g/mol. The second-order valence-corrected chi connectivity index (χ2v) is 6.15. The summed E-state index contributed by atoms with van der Waals surface area (Å²) in [5.74, 6) is 0.572. The predicted molar refractivity (Wildman–Crippen MR) is 78.2 cm³/mol. The van der Waals surface area contributed by atoms with Crippen LogP contribution in [0, 0.1) is 5.92 Å². The highest BCUT2D eigenvalue weighted by Crippen LogP contribution is 2.32. The number of hydrogen-bond donors (Lipinski definition) is 1. The highest BCUT2D eigenvalue weighted by molar-refractivity contribution is 6.31. The highest BCUT2D eigenvalue weighted by Gasteiger charge is 2.37. The summed E-state index contributed by atoms with van der Waals surface area (Å²) in [7, 11) is 0. The van der Waals surface area contributed by atoms with Crippen molar-refractivity contribution in [3.8, 4) is 0 Å². The maximum atomic E-state index is 12.7. The van der Waals surface area contributed by atoms with Crippen molar-refractivity contribution in [2.45, 2.75) is 25.7 Å². The zero-order valence-corrected chi connectivity index (χ0v) is 12.3. The molecule has 19 heavy (non-hydrogen) atoms. The smallest absolute Gasteiger partial charge is 0.232 e. The topological polar surface area (TPSA) is 46.3 Å². The van der Waals surface area contributed by atoms with Crippen LogP contribution in [-0.2, 0) is 10.2 Å². The van der Waals surface area contributed by atoms with Crippen molar-refractivity contribution in [1.29, 1.82) is 0 Å². The van der Waals surface area contributed by atoms with E-state index in [-0.39, 0.29) is 5.91 Å². The monoisotopic (exact) mass is 280 g/mol. The van der Waals surface area contributed by atoms with Crippen molar-refractivity contribution in [3.05, 3.63) is 34.9 Å². The van der Waals surface area contributed by atoms with Crippen molar-refractivity contribution >= 4 is 17.5 Å². The molecule has 1 aromatic carbocycles. The normalized spacial score (nSPS) is 19.8. The Labute approximate surface area is 119 Å². The minimum Gasteiger partial charge on any atom is -0.342 e. The zero-order valence-electron chi connectivity index (χ0n) is 11.5. The molecule has 0 saturated carbocycles. The summed E-state index contributed by atoms with van der Waals surface area (Å²) in [6.07, 6.45) is 1.00. The van der Waals surface area contributed by atoms with Gasteiger partial charge in [-0.25, -0.2) is 0 Å². The molecule has 2 rings (SSSR count). The Morgan fingerprint density at radius 3 is 2.74 bits per heavy atom. The van der Waals surface area contributed by atoms with Crippen LogP contribution in [0.2, 0.25) is 5.02 Å². The van der Waals surface area contributed by atoms with Crippen LogP contribution in [-0.4, -0.2) is 30.4 Å². The highest BCUT2D eigenvalue weighted by atomic mass is 35.5. The standard InChI is InChI=1S/C15H21ClN2O/c1-15(2,12-5-3-4-6-13(12)16)14(19)18-8-7-11(9-17)10-18/h3-6,11H,7-10,17H2,1-2H3. The maximum Gasteiger partial charge on any atom is 0.232 e. The Morgan fingerprint density at radius 2 is 2.16 bits per heavy atom. The number of benzene rings is 1. The molecule has 1 aliphatic heterocycles. The Hall–Kier alpha value is -1.06. The first-order chi connectivity index (χ1) is 8.96. The van der Waals surface area contributed by atoms with Gasteiger partial charge in [-0.3, -0.25) is 4.79 Å². The van der Waals surface area contributed by atoms with Crippen molar-refractivity contribution in [2.75, 3.05) is 19.6 Å². The van der Waals surface area contributed by atoms with Crippen LogP contribution in [0.5, 0.6) is 0 Å². The van der Waals surface area contributed by atoms with Gasteiger partial charge in [0.1, 0.15) is 0 Å². The average Bonchev–Trinajstić information content (AvgIpc) is 2.86. The van der Waals surface area contributed by atoms with Gasteiger partial charge in [-0.15, -0.1) is 0 Å². The van der Waals surface area contributed by atoms with Crippen LogP contribution < -0.4 is 5.73 Å². The van der Waals surface area contributed by atoms with E-state index < -0.39 is 5.41 Å². The molecule has 1 unspecified atom stereocenters. The Balaban J connectivity index is 2.20. The molecule has 0 bridgehead atoms. The fourth-order valence-corrected chi connectivity index (χ4v) is 3.06. The number of nitrogens with two attached hydrogens (primary N) is 1. The molecular weight excluding hydrogens is 260 g/mol. The van der Waals surface area contributed by atoms with Gasteiger partial charge in [0.25, 0.3) is 0 Å². The van der Waals surface area contributed by atoms with E-state index in [1.165, 1.54) is 0 Å². The van der Waals surface area contributed by atoms with Gasteiger partial charge in [0, 0.05) is 18.1 Å². The summed E-state index contributed by atoms with van der Waals surface area (Å²) in [5.41, 5.74) is 5.97. The van der Waals surface area contributed by atoms with E-state index in [2.05, 4.69) is 0 Å². The number of hydrogen-bond acceptors (Lipinski definition) is 2. The quantitative estimate of drug-likeness (QED) is 0.924. The van der Waals surface area contributed by atoms with Gasteiger partial charge >= 0.3 is 0 Å². The van der Waals surface area contributed by atoms with Gasteiger partial charge < -0.3 is 10.6 Å².